The maximum atomic E-state index is 11.6. The zero-order valence-corrected chi connectivity index (χ0v) is 9.10. The summed E-state index contributed by atoms with van der Waals surface area (Å²) in [6, 6.07) is -0.688. The van der Waals surface area contributed by atoms with E-state index in [1.807, 2.05) is 6.92 Å². The minimum Gasteiger partial charge on any atom is -0.464 e. The maximum absolute atomic E-state index is 11.6. The highest BCUT2D eigenvalue weighted by Crippen LogP contribution is 2.19. The molecule has 0 bridgehead atoms. The van der Waals surface area contributed by atoms with Crippen LogP contribution in [0.15, 0.2) is 12.2 Å². The lowest BCUT2D eigenvalue weighted by Crippen LogP contribution is -2.50. The average molecular weight is 213 g/mol. The van der Waals surface area contributed by atoms with E-state index < -0.39 is 12.0 Å². The number of hydroxylamine groups is 2. The van der Waals surface area contributed by atoms with Crippen molar-refractivity contribution in [1.29, 1.82) is 0 Å². The second kappa shape index (κ2) is 4.93. The van der Waals surface area contributed by atoms with Gasteiger partial charge in [-0.3, -0.25) is 9.63 Å². The van der Waals surface area contributed by atoms with Gasteiger partial charge in [0.2, 0.25) is 0 Å². The first-order chi connectivity index (χ1) is 7.11. The second-order valence-corrected chi connectivity index (χ2v) is 3.26. The fourth-order valence-corrected chi connectivity index (χ4v) is 1.51. The molecule has 2 unspecified atom stereocenters. The van der Waals surface area contributed by atoms with Crippen LogP contribution in [0.5, 0.6) is 0 Å². The lowest BCUT2D eigenvalue weighted by molar-refractivity contribution is -0.200. The van der Waals surface area contributed by atoms with E-state index in [4.69, 9.17) is 9.57 Å². The van der Waals surface area contributed by atoms with Gasteiger partial charge in [0.25, 0.3) is 5.91 Å². The van der Waals surface area contributed by atoms with Gasteiger partial charge in [-0.15, -0.1) is 0 Å². The van der Waals surface area contributed by atoms with Crippen molar-refractivity contribution in [2.45, 2.75) is 19.9 Å². The number of hydrogen-bond acceptors (Lipinski definition) is 4. The standard InChI is InChI=1S/C10H15NO4/c1-4-15-10(13)9-7(2)5-6-8(12)11(9)14-3/h5-7,9H,4H2,1-3H3. The molecule has 0 fully saturated rings. The molecule has 5 heteroatoms. The van der Waals surface area contributed by atoms with Gasteiger partial charge in [-0.1, -0.05) is 13.0 Å². The van der Waals surface area contributed by atoms with E-state index in [0.29, 0.717) is 0 Å². The zero-order chi connectivity index (χ0) is 11.4. The second-order valence-electron chi connectivity index (χ2n) is 3.26. The fraction of sp³-hybridized carbons (Fsp3) is 0.600. The van der Waals surface area contributed by atoms with Crippen LogP contribution < -0.4 is 0 Å². The first kappa shape index (κ1) is 11.7. The molecule has 1 amide bonds. The van der Waals surface area contributed by atoms with Crippen molar-refractivity contribution in [1.82, 2.24) is 5.06 Å². The van der Waals surface area contributed by atoms with Gasteiger partial charge in [-0.05, 0) is 6.92 Å². The molecule has 1 rings (SSSR count). The summed E-state index contributed by atoms with van der Waals surface area (Å²) in [5.74, 6) is -0.889. The summed E-state index contributed by atoms with van der Waals surface area (Å²) in [6.07, 6.45) is 3.07. The van der Waals surface area contributed by atoms with Gasteiger partial charge in [0.15, 0.2) is 6.04 Å². The summed E-state index contributed by atoms with van der Waals surface area (Å²) in [4.78, 5) is 27.9. The number of nitrogens with zero attached hydrogens (tertiary/aromatic N) is 1. The molecule has 0 saturated heterocycles. The van der Waals surface area contributed by atoms with E-state index in [2.05, 4.69) is 0 Å². The van der Waals surface area contributed by atoms with E-state index in [1.54, 1.807) is 13.0 Å². The average Bonchev–Trinajstić information content (AvgIpc) is 2.21. The number of amides is 1. The van der Waals surface area contributed by atoms with Crippen LogP contribution in [0.1, 0.15) is 13.8 Å². The van der Waals surface area contributed by atoms with Crippen LogP contribution in [-0.4, -0.2) is 36.7 Å². The number of esters is 1. The third-order valence-electron chi connectivity index (χ3n) is 2.24. The highest BCUT2D eigenvalue weighted by molar-refractivity contribution is 5.92. The van der Waals surface area contributed by atoms with Gasteiger partial charge in [-0.2, -0.15) is 0 Å². The highest BCUT2D eigenvalue weighted by atomic mass is 16.7. The summed E-state index contributed by atoms with van der Waals surface area (Å²) in [6.45, 7) is 3.84. The van der Waals surface area contributed by atoms with Crippen LogP contribution in [0.4, 0.5) is 0 Å². The fourth-order valence-electron chi connectivity index (χ4n) is 1.51. The van der Waals surface area contributed by atoms with Crippen molar-refractivity contribution in [3.63, 3.8) is 0 Å². The Morgan fingerprint density at radius 2 is 2.27 bits per heavy atom. The number of hydrogen-bond donors (Lipinski definition) is 0. The lowest BCUT2D eigenvalue weighted by Gasteiger charge is -2.32. The molecule has 0 aromatic heterocycles. The zero-order valence-electron chi connectivity index (χ0n) is 9.10. The van der Waals surface area contributed by atoms with Crippen LogP contribution in [0.25, 0.3) is 0 Å². The van der Waals surface area contributed by atoms with Crippen molar-refractivity contribution in [3.05, 3.63) is 12.2 Å². The quantitative estimate of drug-likeness (QED) is 0.641. The minimum absolute atomic E-state index is 0.110. The monoisotopic (exact) mass is 213 g/mol. The van der Waals surface area contributed by atoms with Crippen molar-refractivity contribution in [2.75, 3.05) is 13.7 Å². The maximum Gasteiger partial charge on any atom is 0.332 e. The molecule has 0 aliphatic carbocycles. The third kappa shape index (κ3) is 2.36. The molecule has 1 aliphatic rings. The molecule has 0 saturated carbocycles. The molecule has 15 heavy (non-hydrogen) atoms. The predicted molar refractivity (Wildman–Crippen MR) is 52.6 cm³/mol. The van der Waals surface area contributed by atoms with E-state index in [0.717, 1.165) is 5.06 Å². The van der Waals surface area contributed by atoms with Gasteiger partial charge >= 0.3 is 5.97 Å². The molecule has 0 spiro atoms. The van der Waals surface area contributed by atoms with Gasteiger partial charge in [0, 0.05) is 12.0 Å². The SMILES string of the molecule is CCOC(=O)C1C(C)C=CC(=O)N1OC. The Morgan fingerprint density at radius 1 is 1.60 bits per heavy atom. The highest BCUT2D eigenvalue weighted by Gasteiger charge is 2.37. The molecule has 2 atom stereocenters. The number of ether oxygens (including phenoxy) is 1. The Kier molecular flexibility index (Phi) is 3.85. The largest absolute Gasteiger partial charge is 0.464 e. The third-order valence-corrected chi connectivity index (χ3v) is 2.24. The number of carbonyl (C=O) groups excluding carboxylic acids is 2. The van der Waals surface area contributed by atoms with Gasteiger partial charge < -0.3 is 4.74 Å². The molecule has 0 N–H and O–H groups in total. The predicted octanol–water partition coefficient (Wildman–Crippen LogP) is 0.514. The molecule has 0 aromatic carbocycles. The van der Waals surface area contributed by atoms with Crippen molar-refractivity contribution in [2.24, 2.45) is 5.92 Å². The van der Waals surface area contributed by atoms with E-state index >= 15 is 0 Å². The van der Waals surface area contributed by atoms with Gasteiger partial charge in [-0.25, -0.2) is 9.86 Å². The smallest absolute Gasteiger partial charge is 0.332 e. The number of rotatable bonds is 3. The molecule has 1 heterocycles. The Hall–Kier alpha value is -1.36. The summed E-state index contributed by atoms with van der Waals surface area (Å²) in [7, 11) is 1.36. The van der Waals surface area contributed by atoms with Gasteiger partial charge in [0.05, 0.1) is 13.7 Å². The van der Waals surface area contributed by atoms with Crippen LogP contribution in [0.3, 0.4) is 0 Å². The lowest BCUT2D eigenvalue weighted by atomic mass is 9.98. The first-order valence-electron chi connectivity index (χ1n) is 4.84. The Bertz CT molecular complexity index is 287. The molecular formula is C10H15NO4. The van der Waals surface area contributed by atoms with E-state index in [1.165, 1.54) is 13.2 Å². The van der Waals surface area contributed by atoms with Crippen LogP contribution in [-0.2, 0) is 19.2 Å². The summed E-state index contributed by atoms with van der Waals surface area (Å²) >= 11 is 0. The van der Waals surface area contributed by atoms with Gasteiger partial charge in [0.1, 0.15) is 0 Å². The molecule has 0 aromatic rings. The minimum atomic E-state index is -0.688. The van der Waals surface area contributed by atoms with Crippen LogP contribution in [0, 0.1) is 5.92 Å². The summed E-state index contributed by atoms with van der Waals surface area (Å²) < 4.78 is 4.89. The topological polar surface area (TPSA) is 55.8 Å². The molecule has 5 nitrogen and oxygen atoms in total. The Morgan fingerprint density at radius 3 is 2.80 bits per heavy atom. The van der Waals surface area contributed by atoms with Crippen LogP contribution in [0.2, 0.25) is 0 Å². The summed E-state index contributed by atoms with van der Waals surface area (Å²) in [5.41, 5.74) is 0. The first-order valence-corrected chi connectivity index (χ1v) is 4.84. The molecular weight excluding hydrogens is 198 g/mol. The molecule has 0 radical (unpaired) electrons. The van der Waals surface area contributed by atoms with Crippen molar-refractivity contribution < 1.29 is 19.2 Å². The molecule has 1 aliphatic heterocycles. The van der Waals surface area contributed by atoms with E-state index in [-0.39, 0.29) is 18.4 Å². The Labute approximate surface area is 88.6 Å². The van der Waals surface area contributed by atoms with Crippen molar-refractivity contribution >= 4 is 11.9 Å². The normalized spacial score (nSPS) is 25.5. The van der Waals surface area contributed by atoms with Crippen LogP contribution >= 0.6 is 0 Å². The number of carbonyl (C=O) groups is 2. The van der Waals surface area contributed by atoms with E-state index in [9.17, 15) is 9.59 Å². The molecule has 84 valence electrons. The summed E-state index contributed by atoms with van der Waals surface area (Å²) in [5, 5.41) is 1.04. The Balaban J connectivity index is 2.87. The van der Waals surface area contributed by atoms with Crippen molar-refractivity contribution in [3.8, 4) is 0 Å².